The monoisotopic (exact) mass is 938 g/mol. The van der Waals surface area contributed by atoms with E-state index in [2.05, 4.69) is 44.8 Å². The van der Waals surface area contributed by atoms with Crippen LogP contribution in [-0.4, -0.2) is 79.3 Å². The van der Waals surface area contributed by atoms with Crippen LogP contribution in [0, 0.1) is 27.3 Å². The van der Waals surface area contributed by atoms with Crippen LogP contribution in [0.2, 0.25) is 5.02 Å². The van der Waals surface area contributed by atoms with Gasteiger partial charge in [-0.2, -0.15) is 0 Å². The van der Waals surface area contributed by atoms with Gasteiger partial charge >= 0.3 is 0 Å². The normalized spacial score (nSPS) is 18.9. The Balaban J connectivity index is 0.929. The van der Waals surface area contributed by atoms with Gasteiger partial charge in [0.2, 0.25) is 0 Å². The molecule has 9 rings (SSSR count). The molecule has 2 aliphatic carbocycles. The smallest absolute Gasteiger partial charge is 0.293 e. The Morgan fingerprint density at radius 2 is 1.85 bits per heavy atom. The molecule has 0 radical (unpaired) electrons. The van der Waals surface area contributed by atoms with Crippen LogP contribution in [0.3, 0.4) is 0 Å². The number of nitrogens with one attached hydrogen (secondary N) is 3. The number of nitrogens with zero attached hydrogens (tertiary/aromatic N) is 3. The van der Waals surface area contributed by atoms with Gasteiger partial charge in [0.15, 0.2) is 5.79 Å². The number of halogens is 2. The number of nitro benzene ring substituents is 1. The fourth-order valence-electron chi connectivity index (χ4n) is 9.59. The summed E-state index contributed by atoms with van der Waals surface area (Å²) in [5.74, 6) is -1.19. The zero-order chi connectivity index (χ0) is 46.2. The first-order chi connectivity index (χ1) is 31.6. The standard InChI is InChI=1S/C49H52ClFN6O8S/c1-48(2)15-11-35(41(27-48)39-7-4-36(50)25-42(39)51)30-56-19-13-32(14-20-56)33-3-6-40(45(24-33)65-37-23-34-12-18-52-46(34)54-29-37)47(58)55-66(61,62)38-5-8-43(44(26-38)57(59)60)53-28-31-9-16-49(17-10-31)63-21-22-64-49/h3-8,12-13,18,23-26,29,31,53H,9-11,14-17,19-22,27-28,30H2,1-2H3,(H,52,54)(H,55,58). The highest BCUT2D eigenvalue weighted by atomic mass is 35.5. The third-order valence-corrected chi connectivity index (χ3v) is 14.9. The molecule has 2 aromatic heterocycles. The van der Waals surface area contributed by atoms with Crippen molar-refractivity contribution < 1.29 is 36.7 Å². The number of nitro groups is 1. The van der Waals surface area contributed by atoms with Crippen LogP contribution < -0.4 is 14.8 Å². The van der Waals surface area contributed by atoms with E-state index in [0.717, 1.165) is 79.7 Å². The summed E-state index contributed by atoms with van der Waals surface area (Å²) < 4.78 is 62.9. The molecule has 5 aromatic rings. The number of pyridine rings is 1. The Hall–Kier alpha value is -5.65. The van der Waals surface area contributed by atoms with E-state index in [4.69, 9.17) is 25.8 Å². The van der Waals surface area contributed by atoms with Gasteiger partial charge in [-0.25, -0.2) is 22.5 Å². The van der Waals surface area contributed by atoms with Crippen molar-refractivity contribution in [2.45, 2.75) is 75.9 Å². The molecule has 1 spiro atoms. The van der Waals surface area contributed by atoms with E-state index in [-0.39, 0.29) is 34.2 Å². The van der Waals surface area contributed by atoms with Crippen molar-refractivity contribution in [3.8, 4) is 11.5 Å². The number of hydrogen-bond acceptors (Lipinski definition) is 11. The molecule has 3 N–H and O–H groups in total. The minimum atomic E-state index is -4.60. The van der Waals surface area contributed by atoms with Crippen molar-refractivity contribution in [1.29, 1.82) is 0 Å². The number of H-pyrrole nitrogens is 1. The van der Waals surface area contributed by atoms with Gasteiger partial charge in [-0.15, -0.1) is 0 Å². The lowest BCUT2D eigenvalue weighted by Gasteiger charge is -2.36. The molecule has 1 amide bonds. The number of anilines is 1. The second-order valence-electron chi connectivity index (χ2n) is 18.5. The molecule has 0 atom stereocenters. The molecule has 1 saturated heterocycles. The SMILES string of the molecule is CC1(C)CCC(CN2CC=C(c3ccc(C(=O)NS(=O)(=O)c4ccc(NCC5CCC6(CC5)OCCO6)c([N+](=O)[O-])c4)c(Oc4cnc5[nH]ccc5c4)c3)CC2)=C(c2ccc(Cl)cc2F)C1. The van der Waals surface area contributed by atoms with Gasteiger partial charge in [0, 0.05) is 67.3 Å². The molecule has 1 saturated carbocycles. The zero-order valence-electron chi connectivity index (χ0n) is 36.8. The molecular formula is C49H52ClFN6O8S. The van der Waals surface area contributed by atoms with Gasteiger partial charge in [0.05, 0.1) is 34.8 Å². The van der Waals surface area contributed by atoms with Crippen molar-refractivity contribution >= 4 is 61.1 Å². The number of benzene rings is 3. The number of fused-ring (bicyclic) bond motifs is 1. The molecule has 0 bridgehead atoms. The number of rotatable bonds is 13. The number of aromatic nitrogens is 2. The number of allylic oxidation sites excluding steroid dienone is 1. The maximum Gasteiger partial charge on any atom is 0.293 e. The molecule has 346 valence electrons. The summed E-state index contributed by atoms with van der Waals surface area (Å²) in [6.45, 7) is 8.10. The lowest BCUT2D eigenvalue weighted by molar-refractivity contribution is -0.384. The number of amides is 1. The number of ether oxygens (including phenoxy) is 3. The second-order valence-corrected chi connectivity index (χ2v) is 20.6. The van der Waals surface area contributed by atoms with Gasteiger partial charge in [-0.05, 0) is 115 Å². The van der Waals surface area contributed by atoms with Crippen molar-refractivity contribution in [2.24, 2.45) is 11.3 Å². The van der Waals surface area contributed by atoms with E-state index in [1.165, 1.54) is 36.0 Å². The molecule has 4 heterocycles. The Labute approximate surface area is 387 Å². The van der Waals surface area contributed by atoms with Gasteiger partial charge in [-0.3, -0.25) is 19.8 Å². The summed E-state index contributed by atoms with van der Waals surface area (Å²) in [6, 6.07) is 17.0. The quantitative estimate of drug-likeness (QED) is 0.0756. The molecule has 2 fully saturated rings. The van der Waals surface area contributed by atoms with Crippen molar-refractivity contribution in [2.75, 3.05) is 44.7 Å². The molecule has 17 heteroatoms. The third kappa shape index (κ3) is 10.0. The maximum absolute atomic E-state index is 15.3. The number of carbonyl (C=O) groups is 1. The molecular weight excluding hydrogens is 887 g/mol. The highest BCUT2D eigenvalue weighted by Crippen LogP contribution is 2.45. The van der Waals surface area contributed by atoms with E-state index < -0.39 is 37.2 Å². The van der Waals surface area contributed by atoms with Crippen LogP contribution in [0.5, 0.6) is 11.5 Å². The van der Waals surface area contributed by atoms with Crippen LogP contribution in [0.15, 0.2) is 95.7 Å². The lowest BCUT2D eigenvalue weighted by Crippen LogP contribution is -2.36. The van der Waals surface area contributed by atoms with Gasteiger partial charge in [0.1, 0.15) is 28.7 Å². The van der Waals surface area contributed by atoms with Gasteiger partial charge in [-0.1, -0.05) is 49.2 Å². The molecule has 3 aromatic carbocycles. The minimum Gasteiger partial charge on any atom is -0.455 e. The maximum atomic E-state index is 15.3. The summed E-state index contributed by atoms with van der Waals surface area (Å²) in [5.41, 5.74) is 5.03. The Kier molecular flexibility index (Phi) is 12.8. The lowest BCUT2D eigenvalue weighted by atomic mass is 9.72. The predicted molar refractivity (Wildman–Crippen MR) is 250 cm³/mol. The first kappa shape index (κ1) is 45.5. The summed E-state index contributed by atoms with van der Waals surface area (Å²) in [5, 5.41) is 16.5. The summed E-state index contributed by atoms with van der Waals surface area (Å²) >= 11 is 6.11. The van der Waals surface area contributed by atoms with E-state index in [1.54, 1.807) is 36.5 Å². The average Bonchev–Trinajstić information content (AvgIpc) is 3.96. The van der Waals surface area contributed by atoms with Crippen LogP contribution in [0.4, 0.5) is 15.8 Å². The fourth-order valence-corrected chi connectivity index (χ4v) is 10.7. The Morgan fingerprint density at radius 3 is 2.59 bits per heavy atom. The molecule has 14 nitrogen and oxygen atoms in total. The van der Waals surface area contributed by atoms with Crippen LogP contribution in [0.1, 0.15) is 86.7 Å². The molecule has 66 heavy (non-hydrogen) atoms. The first-order valence-electron chi connectivity index (χ1n) is 22.3. The fraction of sp³-hybridized carbons (Fsp3) is 0.388. The van der Waals surface area contributed by atoms with Crippen molar-refractivity contribution in [3.63, 3.8) is 0 Å². The van der Waals surface area contributed by atoms with E-state index in [9.17, 15) is 23.3 Å². The molecule has 2 aliphatic heterocycles. The number of sulfonamides is 1. The Morgan fingerprint density at radius 1 is 1.05 bits per heavy atom. The predicted octanol–water partition coefficient (Wildman–Crippen LogP) is 10.3. The molecule has 4 aliphatic rings. The number of hydrogen-bond donors (Lipinski definition) is 3. The first-order valence-corrected chi connectivity index (χ1v) is 24.2. The van der Waals surface area contributed by atoms with Gasteiger partial charge in [0.25, 0.3) is 21.6 Å². The average molecular weight is 940 g/mol. The Bertz CT molecular complexity index is 2870. The zero-order valence-corrected chi connectivity index (χ0v) is 38.4. The van der Waals surface area contributed by atoms with Crippen molar-refractivity contribution in [1.82, 2.24) is 19.6 Å². The summed E-state index contributed by atoms with van der Waals surface area (Å²) in [6.07, 6.45) is 11.8. The number of aromatic amines is 1. The van der Waals surface area contributed by atoms with Gasteiger partial charge < -0.3 is 24.5 Å². The second kappa shape index (κ2) is 18.6. The van der Waals surface area contributed by atoms with Crippen molar-refractivity contribution in [3.05, 3.63) is 128 Å². The largest absolute Gasteiger partial charge is 0.455 e. The van der Waals surface area contributed by atoms with Crippen LogP contribution in [0.25, 0.3) is 22.2 Å². The highest BCUT2D eigenvalue weighted by Gasteiger charge is 2.40. The highest BCUT2D eigenvalue weighted by molar-refractivity contribution is 7.90. The summed E-state index contributed by atoms with van der Waals surface area (Å²) in [4.78, 5) is 34.9. The topological polar surface area (TPSA) is 178 Å². The van der Waals surface area contributed by atoms with E-state index in [0.29, 0.717) is 61.3 Å². The number of carbonyl (C=O) groups excluding carboxylic acids is 1. The molecule has 0 unspecified atom stereocenters. The van der Waals surface area contributed by atoms with E-state index in [1.807, 2.05) is 6.07 Å². The summed E-state index contributed by atoms with van der Waals surface area (Å²) in [7, 11) is -4.60. The van der Waals surface area contributed by atoms with E-state index >= 15 is 4.39 Å². The minimum absolute atomic E-state index is 0.0431. The van der Waals surface area contributed by atoms with Crippen LogP contribution in [-0.2, 0) is 19.5 Å². The van der Waals surface area contributed by atoms with Crippen LogP contribution >= 0.6 is 11.6 Å². The third-order valence-electron chi connectivity index (χ3n) is 13.3.